The lowest BCUT2D eigenvalue weighted by Gasteiger charge is -2.05. The number of carboxylic acid groups (broad SMARTS) is 1. The highest BCUT2D eigenvalue weighted by Crippen LogP contribution is 2.10. The van der Waals surface area contributed by atoms with E-state index in [4.69, 9.17) is 5.11 Å². The topological polar surface area (TPSA) is 95.1 Å². The summed E-state index contributed by atoms with van der Waals surface area (Å²) in [7, 11) is 0. The first kappa shape index (κ1) is 14.8. The number of nitrogens with one attached hydrogen (secondary N) is 2. The fourth-order valence-electron chi connectivity index (χ4n) is 1.88. The molecule has 0 aliphatic carbocycles. The molecule has 0 radical (unpaired) electrons. The third kappa shape index (κ3) is 3.47. The second-order valence-corrected chi connectivity index (χ2v) is 4.76. The second-order valence-electron chi connectivity index (χ2n) is 4.76. The molecule has 2 aromatic rings. The van der Waals surface area contributed by atoms with Crippen molar-refractivity contribution in [1.29, 1.82) is 0 Å². The molecule has 0 aliphatic heterocycles. The van der Waals surface area contributed by atoms with Crippen LogP contribution >= 0.6 is 0 Å². The standard InChI is InChI=1S/C15H17N3O3/c1-9(10(2)15(20)21)14(19)16-8-7-13-17-11-5-3-4-6-12(11)18-13/h3-6H,7-8H2,1-2H3,(H,16,19)(H,17,18)(H,20,21)/b10-9-. The number of carbonyl (C=O) groups is 2. The molecular weight excluding hydrogens is 270 g/mol. The lowest BCUT2D eigenvalue weighted by molar-refractivity contribution is -0.133. The average molecular weight is 287 g/mol. The molecule has 0 unspecified atom stereocenters. The Balaban J connectivity index is 1.94. The van der Waals surface area contributed by atoms with Gasteiger partial charge in [-0.25, -0.2) is 9.78 Å². The Hall–Kier alpha value is -2.63. The summed E-state index contributed by atoms with van der Waals surface area (Å²) in [6, 6.07) is 7.69. The van der Waals surface area contributed by atoms with E-state index in [-0.39, 0.29) is 17.1 Å². The summed E-state index contributed by atoms with van der Waals surface area (Å²) in [5.41, 5.74) is 2.11. The third-order valence-electron chi connectivity index (χ3n) is 3.31. The van der Waals surface area contributed by atoms with Crippen LogP contribution in [0.3, 0.4) is 0 Å². The molecule has 1 aromatic heterocycles. The molecule has 0 atom stereocenters. The number of nitrogens with zero attached hydrogens (tertiary/aromatic N) is 1. The van der Waals surface area contributed by atoms with Gasteiger partial charge in [-0.15, -0.1) is 0 Å². The first-order valence-electron chi connectivity index (χ1n) is 6.61. The highest BCUT2D eigenvalue weighted by molar-refractivity contribution is 6.01. The number of hydrogen-bond acceptors (Lipinski definition) is 3. The molecule has 110 valence electrons. The summed E-state index contributed by atoms with van der Waals surface area (Å²) < 4.78 is 0. The van der Waals surface area contributed by atoms with Crippen molar-refractivity contribution in [3.05, 3.63) is 41.2 Å². The minimum absolute atomic E-state index is 0.0521. The molecule has 0 aliphatic rings. The summed E-state index contributed by atoms with van der Waals surface area (Å²) >= 11 is 0. The molecule has 0 saturated heterocycles. The van der Waals surface area contributed by atoms with Crippen molar-refractivity contribution < 1.29 is 14.7 Å². The van der Waals surface area contributed by atoms with E-state index < -0.39 is 5.97 Å². The summed E-state index contributed by atoms with van der Waals surface area (Å²) in [4.78, 5) is 30.2. The van der Waals surface area contributed by atoms with Crippen molar-refractivity contribution in [1.82, 2.24) is 15.3 Å². The van der Waals surface area contributed by atoms with Crippen molar-refractivity contribution in [2.24, 2.45) is 0 Å². The summed E-state index contributed by atoms with van der Waals surface area (Å²) in [5.74, 6) is -0.668. The Kier molecular flexibility index (Phi) is 4.37. The van der Waals surface area contributed by atoms with Crippen molar-refractivity contribution in [3.8, 4) is 0 Å². The number of para-hydroxylation sites is 2. The van der Waals surface area contributed by atoms with Crippen molar-refractivity contribution in [2.75, 3.05) is 6.54 Å². The van der Waals surface area contributed by atoms with Crippen molar-refractivity contribution in [2.45, 2.75) is 20.3 Å². The van der Waals surface area contributed by atoms with Gasteiger partial charge >= 0.3 is 5.97 Å². The SMILES string of the molecule is C/C(C(=O)O)=C(\C)C(=O)NCCc1nc2ccccc2[nH]1. The lowest BCUT2D eigenvalue weighted by atomic mass is 10.1. The van der Waals surface area contributed by atoms with E-state index in [2.05, 4.69) is 15.3 Å². The number of fused-ring (bicyclic) bond motifs is 1. The van der Waals surface area contributed by atoms with Gasteiger partial charge in [0.25, 0.3) is 0 Å². The molecule has 0 saturated carbocycles. The maximum absolute atomic E-state index is 11.8. The minimum atomic E-state index is -1.08. The maximum atomic E-state index is 11.8. The van der Waals surface area contributed by atoms with Gasteiger partial charge in [0.2, 0.25) is 5.91 Å². The van der Waals surface area contributed by atoms with Gasteiger partial charge in [-0.05, 0) is 26.0 Å². The largest absolute Gasteiger partial charge is 0.478 e. The molecule has 1 aromatic carbocycles. The van der Waals surface area contributed by atoms with E-state index in [1.165, 1.54) is 13.8 Å². The molecule has 6 nitrogen and oxygen atoms in total. The van der Waals surface area contributed by atoms with Crippen LogP contribution < -0.4 is 5.32 Å². The third-order valence-corrected chi connectivity index (χ3v) is 3.31. The Morgan fingerprint density at radius 3 is 2.62 bits per heavy atom. The summed E-state index contributed by atoms with van der Waals surface area (Å²) in [6.07, 6.45) is 0.555. The zero-order chi connectivity index (χ0) is 15.4. The van der Waals surface area contributed by atoms with Crippen LogP contribution in [0, 0.1) is 0 Å². The number of rotatable bonds is 5. The van der Waals surface area contributed by atoms with Crippen LogP contribution in [0.15, 0.2) is 35.4 Å². The zero-order valence-corrected chi connectivity index (χ0v) is 11.9. The van der Waals surface area contributed by atoms with Crippen LogP contribution in [0.5, 0.6) is 0 Å². The Labute approximate surface area is 121 Å². The van der Waals surface area contributed by atoms with E-state index in [0.717, 1.165) is 16.9 Å². The van der Waals surface area contributed by atoms with Gasteiger partial charge in [0.15, 0.2) is 0 Å². The van der Waals surface area contributed by atoms with Crippen molar-refractivity contribution in [3.63, 3.8) is 0 Å². The van der Waals surface area contributed by atoms with E-state index in [1.54, 1.807) is 0 Å². The summed E-state index contributed by atoms with van der Waals surface area (Å²) in [6.45, 7) is 3.30. The quantitative estimate of drug-likeness (QED) is 0.728. The number of aromatic nitrogens is 2. The normalized spacial score (nSPS) is 12.1. The predicted octanol–water partition coefficient (Wildman–Crippen LogP) is 1.64. The highest BCUT2D eigenvalue weighted by Gasteiger charge is 2.12. The van der Waals surface area contributed by atoms with Gasteiger partial charge in [0, 0.05) is 24.1 Å². The van der Waals surface area contributed by atoms with Gasteiger partial charge in [0.1, 0.15) is 5.82 Å². The molecular formula is C15H17N3O3. The van der Waals surface area contributed by atoms with E-state index in [9.17, 15) is 9.59 Å². The molecule has 3 N–H and O–H groups in total. The summed E-state index contributed by atoms with van der Waals surface area (Å²) in [5, 5.41) is 11.5. The number of imidazole rings is 1. The number of hydrogen-bond donors (Lipinski definition) is 3. The molecule has 0 spiro atoms. The molecule has 2 rings (SSSR count). The number of carbonyl (C=O) groups excluding carboxylic acids is 1. The zero-order valence-electron chi connectivity index (χ0n) is 11.9. The lowest BCUT2D eigenvalue weighted by Crippen LogP contribution is -2.27. The van der Waals surface area contributed by atoms with Crippen LogP contribution in [0.1, 0.15) is 19.7 Å². The predicted molar refractivity (Wildman–Crippen MR) is 78.8 cm³/mol. The molecule has 1 amide bonds. The maximum Gasteiger partial charge on any atom is 0.331 e. The van der Waals surface area contributed by atoms with Crippen LogP contribution in [-0.4, -0.2) is 33.5 Å². The van der Waals surface area contributed by atoms with E-state index in [1.807, 2.05) is 24.3 Å². The molecule has 6 heteroatoms. The van der Waals surface area contributed by atoms with Gasteiger partial charge in [-0.2, -0.15) is 0 Å². The van der Waals surface area contributed by atoms with E-state index in [0.29, 0.717) is 13.0 Å². The van der Waals surface area contributed by atoms with Crippen molar-refractivity contribution >= 4 is 22.9 Å². The first-order chi connectivity index (χ1) is 9.99. The van der Waals surface area contributed by atoms with Gasteiger partial charge in [-0.1, -0.05) is 12.1 Å². The minimum Gasteiger partial charge on any atom is -0.478 e. The second kappa shape index (κ2) is 6.21. The molecule has 1 heterocycles. The van der Waals surface area contributed by atoms with Crippen LogP contribution in [0.4, 0.5) is 0 Å². The van der Waals surface area contributed by atoms with Gasteiger partial charge in [0.05, 0.1) is 11.0 Å². The molecule has 21 heavy (non-hydrogen) atoms. The highest BCUT2D eigenvalue weighted by atomic mass is 16.4. The van der Waals surface area contributed by atoms with Gasteiger partial charge < -0.3 is 15.4 Å². The first-order valence-corrected chi connectivity index (χ1v) is 6.61. The van der Waals surface area contributed by atoms with Gasteiger partial charge in [-0.3, -0.25) is 4.79 Å². The number of carboxylic acids is 1. The Morgan fingerprint density at radius 2 is 1.95 bits per heavy atom. The smallest absolute Gasteiger partial charge is 0.331 e. The van der Waals surface area contributed by atoms with Crippen LogP contribution in [-0.2, 0) is 16.0 Å². The number of aliphatic carboxylic acids is 1. The monoisotopic (exact) mass is 287 g/mol. The Bertz CT molecular complexity index is 683. The van der Waals surface area contributed by atoms with E-state index >= 15 is 0 Å². The van der Waals surface area contributed by atoms with Crippen LogP contribution in [0.25, 0.3) is 11.0 Å². The number of H-pyrrole nitrogens is 1. The number of aromatic amines is 1. The molecule has 0 bridgehead atoms. The fraction of sp³-hybridized carbons (Fsp3) is 0.267. The van der Waals surface area contributed by atoms with Crippen LogP contribution in [0.2, 0.25) is 0 Å². The Morgan fingerprint density at radius 1 is 1.24 bits per heavy atom. The molecule has 0 fully saturated rings. The fourth-order valence-corrected chi connectivity index (χ4v) is 1.88. The average Bonchev–Trinajstić information content (AvgIpc) is 2.87. The number of benzene rings is 1. The number of amides is 1.